The standard InChI is InChI=1S/C25H29N5O3S/c1-4-15-34-25(28-19-9-7-6-8-10-19)29-23-22(26-17-30(23)16-21(31)33-5-2)24(32)27-20-13-11-18(3)12-14-20/h6-14,17H,4-5,15-16H2,1-3H3,(H,27,32)(H,28,29). The number of amides is 1. The fourth-order valence-corrected chi connectivity index (χ4v) is 3.72. The van der Waals surface area contributed by atoms with Gasteiger partial charge in [0.15, 0.2) is 16.7 Å². The van der Waals surface area contributed by atoms with Gasteiger partial charge in [-0.15, -0.1) is 0 Å². The van der Waals surface area contributed by atoms with Gasteiger partial charge in [0.1, 0.15) is 6.54 Å². The lowest BCUT2D eigenvalue weighted by Crippen LogP contribution is -2.16. The molecule has 0 unspecified atom stereocenters. The van der Waals surface area contributed by atoms with Crippen molar-refractivity contribution in [2.45, 2.75) is 33.7 Å². The van der Waals surface area contributed by atoms with Gasteiger partial charge in [-0.3, -0.25) is 9.59 Å². The highest BCUT2D eigenvalue weighted by molar-refractivity contribution is 8.14. The molecule has 9 heteroatoms. The maximum absolute atomic E-state index is 13.1. The number of carbonyl (C=O) groups excluding carboxylic acids is 2. The number of amidine groups is 1. The summed E-state index contributed by atoms with van der Waals surface area (Å²) in [5.41, 5.74) is 2.72. The molecule has 1 aromatic heterocycles. The molecule has 0 fully saturated rings. The van der Waals surface area contributed by atoms with Crippen molar-refractivity contribution < 1.29 is 14.3 Å². The van der Waals surface area contributed by atoms with E-state index in [1.165, 1.54) is 22.7 Å². The van der Waals surface area contributed by atoms with Crippen LogP contribution in [0.4, 0.5) is 17.2 Å². The molecule has 0 saturated carbocycles. The Balaban J connectivity index is 1.97. The zero-order valence-electron chi connectivity index (χ0n) is 19.6. The molecule has 0 atom stereocenters. The molecule has 3 rings (SSSR count). The number of para-hydroxylation sites is 1. The third-order valence-corrected chi connectivity index (χ3v) is 5.69. The van der Waals surface area contributed by atoms with Gasteiger partial charge in [0.25, 0.3) is 5.91 Å². The van der Waals surface area contributed by atoms with E-state index in [0.29, 0.717) is 10.9 Å². The summed E-state index contributed by atoms with van der Waals surface area (Å²) >= 11 is 1.53. The Hall–Kier alpha value is -3.59. The number of rotatable bonds is 9. The van der Waals surface area contributed by atoms with Gasteiger partial charge in [-0.05, 0) is 44.5 Å². The smallest absolute Gasteiger partial charge is 0.326 e. The van der Waals surface area contributed by atoms with Crippen LogP contribution in [0.1, 0.15) is 36.3 Å². The lowest BCUT2D eigenvalue weighted by Gasteiger charge is -2.11. The molecule has 0 saturated heterocycles. The third-order valence-electron chi connectivity index (χ3n) is 4.61. The minimum absolute atomic E-state index is 0.103. The van der Waals surface area contributed by atoms with E-state index in [-0.39, 0.29) is 24.7 Å². The predicted octanol–water partition coefficient (Wildman–Crippen LogP) is 5.25. The van der Waals surface area contributed by atoms with Gasteiger partial charge in [-0.1, -0.05) is 54.6 Å². The van der Waals surface area contributed by atoms with Crippen molar-refractivity contribution in [1.82, 2.24) is 9.55 Å². The van der Waals surface area contributed by atoms with E-state index >= 15 is 0 Å². The molecule has 2 aromatic carbocycles. The van der Waals surface area contributed by atoms with E-state index in [1.807, 2.05) is 61.5 Å². The number of thioether (sulfide) groups is 1. The van der Waals surface area contributed by atoms with Crippen LogP contribution in [-0.4, -0.2) is 39.0 Å². The van der Waals surface area contributed by atoms with E-state index in [2.05, 4.69) is 22.5 Å². The fraction of sp³-hybridized carbons (Fsp3) is 0.280. The Labute approximate surface area is 203 Å². The van der Waals surface area contributed by atoms with Crippen LogP contribution in [0.25, 0.3) is 0 Å². The molecule has 0 aliphatic carbocycles. The number of aliphatic imine (C=N–C) groups is 1. The van der Waals surface area contributed by atoms with Crippen molar-refractivity contribution in [2.75, 3.05) is 23.0 Å². The predicted molar refractivity (Wildman–Crippen MR) is 138 cm³/mol. The Kier molecular flexibility index (Phi) is 9.28. The molecule has 3 aromatic rings. The maximum Gasteiger partial charge on any atom is 0.326 e. The number of nitrogens with one attached hydrogen (secondary N) is 2. The number of esters is 1. The molecule has 178 valence electrons. The number of benzene rings is 2. The summed E-state index contributed by atoms with van der Waals surface area (Å²) in [6.45, 7) is 5.96. The number of aromatic nitrogens is 2. The summed E-state index contributed by atoms with van der Waals surface area (Å²) in [5.74, 6) is 0.264. The van der Waals surface area contributed by atoms with Crippen LogP contribution >= 0.6 is 11.8 Å². The van der Waals surface area contributed by atoms with Crippen LogP contribution in [0, 0.1) is 6.92 Å². The van der Waals surface area contributed by atoms with Crippen molar-refractivity contribution in [3.63, 3.8) is 0 Å². The highest BCUT2D eigenvalue weighted by Gasteiger charge is 2.21. The average molecular weight is 480 g/mol. The number of aryl methyl sites for hydroxylation is 1. The van der Waals surface area contributed by atoms with Crippen molar-refractivity contribution >= 4 is 46.0 Å². The quantitative estimate of drug-likeness (QED) is 0.247. The SMILES string of the molecule is CCCSC(=Nc1c(C(=O)Nc2ccc(C)cc2)ncn1CC(=O)OCC)Nc1ccccc1. The minimum atomic E-state index is -0.430. The Morgan fingerprint density at radius 3 is 2.41 bits per heavy atom. The second-order valence-corrected chi connectivity index (χ2v) is 8.51. The Morgan fingerprint density at radius 1 is 1.03 bits per heavy atom. The molecule has 8 nitrogen and oxygen atoms in total. The molecule has 0 bridgehead atoms. The van der Waals surface area contributed by atoms with Gasteiger partial charge >= 0.3 is 5.97 Å². The molecular formula is C25H29N5O3S. The molecule has 2 N–H and O–H groups in total. The van der Waals surface area contributed by atoms with Crippen molar-refractivity contribution in [1.29, 1.82) is 0 Å². The first-order valence-corrected chi connectivity index (χ1v) is 12.1. The number of nitrogens with zero attached hydrogens (tertiary/aromatic N) is 3. The molecular weight excluding hydrogens is 450 g/mol. The summed E-state index contributed by atoms with van der Waals surface area (Å²) in [6.07, 6.45) is 2.38. The normalized spacial score (nSPS) is 11.2. The highest BCUT2D eigenvalue weighted by atomic mass is 32.2. The summed E-state index contributed by atoms with van der Waals surface area (Å²) in [7, 11) is 0. The second kappa shape index (κ2) is 12.6. The van der Waals surface area contributed by atoms with Crippen LogP contribution in [0.5, 0.6) is 0 Å². The summed E-state index contributed by atoms with van der Waals surface area (Å²) < 4.78 is 6.61. The van der Waals surface area contributed by atoms with Gasteiger partial charge < -0.3 is 19.9 Å². The van der Waals surface area contributed by atoms with Crippen molar-refractivity contribution in [3.05, 3.63) is 72.2 Å². The van der Waals surface area contributed by atoms with Gasteiger partial charge in [0, 0.05) is 17.1 Å². The number of carbonyl (C=O) groups is 2. The van der Waals surface area contributed by atoms with E-state index in [1.54, 1.807) is 6.92 Å². The molecule has 0 spiro atoms. The third kappa shape index (κ3) is 7.21. The van der Waals surface area contributed by atoms with E-state index in [0.717, 1.165) is 23.4 Å². The average Bonchev–Trinajstić information content (AvgIpc) is 3.21. The largest absolute Gasteiger partial charge is 0.465 e. The first-order valence-electron chi connectivity index (χ1n) is 11.1. The van der Waals surface area contributed by atoms with Crippen LogP contribution in [0.15, 0.2) is 65.9 Å². The number of imidazole rings is 1. The fourth-order valence-electron chi connectivity index (χ4n) is 2.98. The van der Waals surface area contributed by atoms with Gasteiger partial charge in [0.05, 0.1) is 12.9 Å². The topological polar surface area (TPSA) is 97.6 Å². The molecule has 1 heterocycles. The molecule has 0 aliphatic rings. The van der Waals surface area contributed by atoms with Crippen LogP contribution in [-0.2, 0) is 16.1 Å². The first-order chi connectivity index (χ1) is 16.5. The van der Waals surface area contributed by atoms with E-state index < -0.39 is 11.9 Å². The van der Waals surface area contributed by atoms with E-state index in [4.69, 9.17) is 9.73 Å². The van der Waals surface area contributed by atoms with Crippen LogP contribution in [0.3, 0.4) is 0 Å². The summed E-state index contributed by atoms with van der Waals surface area (Å²) in [4.78, 5) is 34.3. The number of hydrogen-bond acceptors (Lipinski definition) is 6. The number of ether oxygens (including phenoxy) is 1. The molecule has 34 heavy (non-hydrogen) atoms. The van der Waals surface area contributed by atoms with Crippen molar-refractivity contribution in [3.8, 4) is 0 Å². The van der Waals surface area contributed by atoms with Gasteiger partial charge in [-0.2, -0.15) is 0 Å². The van der Waals surface area contributed by atoms with Crippen molar-refractivity contribution in [2.24, 2.45) is 4.99 Å². The second-order valence-electron chi connectivity index (χ2n) is 7.43. The first kappa shape index (κ1) is 25.0. The van der Waals surface area contributed by atoms with Gasteiger partial charge in [0.2, 0.25) is 0 Å². The van der Waals surface area contributed by atoms with Crippen LogP contribution in [0.2, 0.25) is 0 Å². The summed E-state index contributed by atoms with van der Waals surface area (Å²) in [6, 6.07) is 17.1. The maximum atomic E-state index is 13.1. The molecule has 1 amide bonds. The van der Waals surface area contributed by atoms with E-state index in [9.17, 15) is 9.59 Å². The monoisotopic (exact) mass is 479 g/mol. The molecule has 0 aliphatic heterocycles. The lowest BCUT2D eigenvalue weighted by atomic mass is 10.2. The van der Waals surface area contributed by atoms with Crippen LogP contribution < -0.4 is 10.6 Å². The minimum Gasteiger partial charge on any atom is -0.465 e. The lowest BCUT2D eigenvalue weighted by molar-refractivity contribution is -0.143. The summed E-state index contributed by atoms with van der Waals surface area (Å²) in [5, 5.41) is 6.76. The Morgan fingerprint density at radius 2 is 1.74 bits per heavy atom. The zero-order chi connectivity index (χ0) is 24.3. The Bertz CT molecular complexity index is 1130. The number of hydrogen-bond donors (Lipinski definition) is 2. The highest BCUT2D eigenvalue weighted by Crippen LogP contribution is 2.24. The number of anilines is 2. The molecule has 0 radical (unpaired) electrons. The zero-order valence-corrected chi connectivity index (χ0v) is 20.4. The van der Waals surface area contributed by atoms with Gasteiger partial charge in [-0.25, -0.2) is 9.98 Å².